The molecule has 1 unspecified atom stereocenters. The number of likely N-dealkylation sites (tertiary alicyclic amines) is 1. The van der Waals surface area contributed by atoms with Crippen LogP contribution >= 0.6 is 11.6 Å². The van der Waals surface area contributed by atoms with Gasteiger partial charge in [-0.25, -0.2) is 0 Å². The van der Waals surface area contributed by atoms with Crippen molar-refractivity contribution < 1.29 is 19.1 Å². The second kappa shape index (κ2) is 13.8. The molecule has 0 bridgehead atoms. The van der Waals surface area contributed by atoms with Gasteiger partial charge in [-0.2, -0.15) is 0 Å². The first-order chi connectivity index (χ1) is 20.6. The molecule has 0 spiro atoms. The lowest BCUT2D eigenvalue weighted by Crippen LogP contribution is -2.50. The van der Waals surface area contributed by atoms with Gasteiger partial charge in [-0.3, -0.25) is 14.4 Å². The van der Waals surface area contributed by atoms with Gasteiger partial charge in [0.05, 0.1) is 11.7 Å². The zero-order valence-corrected chi connectivity index (χ0v) is 26.4. The molecule has 2 aromatic rings. The minimum atomic E-state index is -0.504. The van der Waals surface area contributed by atoms with Crippen LogP contribution in [-0.2, 0) is 9.59 Å². The fraction of sp³-hybridized carbons (Fsp3) is 0.559. The van der Waals surface area contributed by atoms with Gasteiger partial charge < -0.3 is 25.2 Å². The van der Waals surface area contributed by atoms with Gasteiger partial charge in [-0.15, -0.1) is 0 Å². The van der Waals surface area contributed by atoms with Crippen molar-refractivity contribution in [2.75, 3.05) is 50.8 Å². The van der Waals surface area contributed by atoms with Crippen molar-refractivity contribution in [1.29, 1.82) is 0 Å². The minimum Gasteiger partial charge on any atom is -0.482 e. The van der Waals surface area contributed by atoms with Gasteiger partial charge in [0.15, 0.2) is 12.4 Å². The number of hydrogen-bond donors (Lipinski definition) is 2. The summed E-state index contributed by atoms with van der Waals surface area (Å²) in [5.74, 6) is 0.950. The van der Waals surface area contributed by atoms with Gasteiger partial charge in [0, 0.05) is 30.1 Å². The van der Waals surface area contributed by atoms with Crippen LogP contribution in [0.2, 0.25) is 5.02 Å². The van der Waals surface area contributed by atoms with E-state index < -0.39 is 6.04 Å². The summed E-state index contributed by atoms with van der Waals surface area (Å²) in [4.78, 5) is 44.1. The number of nitrogens with zero attached hydrogens (tertiary/aromatic N) is 2. The highest BCUT2D eigenvalue weighted by molar-refractivity contribution is 6.31. The number of fused-ring (bicyclic) bond motifs is 1. The molecule has 232 valence electrons. The largest absolute Gasteiger partial charge is 0.482 e. The van der Waals surface area contributed by atoms with Crippen LogP contribution in [0.4, 0.5) is 5.69 Å². The Kier molecular flexibility index (Phi) is 10.1. The lowest BCUT2D eigenvalue weighted by molar-refractivity contribution is -0.124. The standard InChI is InChI=1S/C34H45ClN4O4/c1-34(2,3)21-29(40)32(24-10-14-36-15-11-24)37-33(42)27-20-25(35)8-9-26(27)23-12-16-38(17-13-23)18-19-39-28-6-4-5-7-30(28)43-22-31(39)41/h4-9,20,23-24,32,36H,10-19,21-22H2,1-3H3,(H,37,42). The molecule has 3 aliphatic rings. The van der Waals surface area contributed by atoms with E-state index in [0.29, 0.717) is 23.6 Å². The third kappa shape index (κ3) is 7.97. The molecule has 0 radical (unpaired) electrons. The molecule has 2 aromatic carbocycles. The van der Waals surface area contributed by atoms with Crippen LogP contribution in [0.1, 0.15) is 74.7 Å². The van der Waals surface area contributed by atoms with E-state index in [0.717, 1.165) is 75.4 Å². The molecule has 9 heteroatoms. The number of amides is 2. The molecule has 2 fully saturated rings. The molecule has 2 amide bonds. The van der Waals surface area contributed by atoms with E-state index in [1.165, 1.54) is 0 Å². The topological polar surface area (TPSA) is 91.0 Å². The van der Waals surface area contributed by atoms with E-state index in [-0.39, 0.29) is 41.5 Å². The fourth-order valence-corrected chi connectivity index (χ4v) is 6.85. The molecule has 3 aliphatic heterocycles. The SMILES string of the molecule is CC(C)(C)CC(=O)C(NC(=O)c1cc(Cl)ccc1C1CCN(CCN2C(=O)COc3ccccc32)CC1)C1CCNCC1. The number of ketones is 1. The Morgan fingerprint density at radius 3 is 2.49 bits per heavy atom. The predicted octanol–water partition coefficient (Wildman–Crippen LogP) is 5.05. The number of carbonyl (C=O) groups is 3. The van der Waals surface area contributed by atoms with Crippen LogP contribution in [0.25, 0.3) is 0 Å². The van der Waals surface area contributed by atoms with Crippen molar-refractivity contribution in [1.82, 2.24) is 15.5 Å². The smallest absolute Gasteiger partial charge is 0.265 e. The molecule has 2 saturated heterocycles. The maximum absolute atomic E-state index is 13.9. The molecule has 2 N–H and O–H groups in total. The number of para-hydroxylation sites is 2. The molecule has 0 aromatic heterocycles. The van der Waals surface area contributed by atoms with Crippen LogP contribution in [0.3, 0.4) is 0 Å². The summed E-state index contributed by atoms with van der Waals surface area (Å²) < 4.78 is 5.58. The Hall–Kier alpha value is -2.94. The number of carbonyl (C=O) groups excluding carboxylic acids is 3. The Balaban J connectivity index is 1.24. The lowest BCUT2D eigenvalue weighted by Gasteiger charge is -2.36. The summed E-state index contributed by atoms with van der Waals surface area (Å²) in [6.07, 6.45) is 3.95. The lowest BCUT2D eigenvalue weighted by atomic mass is 9.81. The molecule has 8 nitrogen and oxygen atoms in total. The van der Waals surface area contributed by atoms with Crippen LogP contribution < -0.4 is 20.3 Å². The van der Waals surface area contributed by atoms with Crippen LogP contribution in [0, 0.1) is 11.3 Å². The number of anilines is 1. The molecular weight excluding hydrogens is 564 g/mol. The third-order valence-electron chi connectivity index (χ3n) is 8.93. The minimum absolute atomic E-state index is 0.0193. The average molecular weight is 609 g/mol. The first-order valence-corrected chi connectivity index (χ1v) is 16.0. The number of ether oxygens (including phenoxy) is 1. The summed E-state index contributed by atoms with van der Waals surface area (Å²) in [5.41, 5.74) is 2.24. The molecule has 5 rings (SSSR count). The number of halogens is 1. The molecule has 1 atom stereocenters. The average Bonchev–Trinajstić information content (AvgIpc) is 2.99. The van der Waals surface area contributed by atoms with E-state index >= 15 is 0 Å². The zero-order valence-electron chi connectivity index (χ0n) is 25.7. The maximum atomic E-state index is 13.9. The van der Waals surface area contributed by atoms with E-state index in [1.807, 2.05) is 41.3 Å². The highest BCUT2D eigenvalue weighted by Gasteiger charge is 2.34. The third-order valence-corrected chi connectivity index (χ3v) is 9.16. The normalized spacial score (nSPS) is 19.4. The maximum Gasteiger partial charge on any atom is 0.265 e. The number of rotatable bonds is 9. The van der Waals surface area contributed by atoms with Gasteiger partial charge in [-0.1, -0.05) is 50.6 Å². The number of nitrogens with one attached hydrogen (secondary N) is 2. The van der Waals surface area contributed by atoms with E-state index in [1.54, 1.807) is 6.07 Å². The highest BCUT2D eigenvalue weighted by Crippen LogP contribution is 2.34. The van der Waals surface area contributed by atoms with Crippen LogP contribution in [0.5, 0.6) is 5.75 Å². The Bertz CT molecular complexity index is 1310. The Morgan fingerprint density at radius 2 is 1.77 bits per heavy atom. The van der Waals surface area contributed by atoms with Crippen molar-refractivity contribution >= 4 is 34.9 Å². The first kappa shape index (κ1) is 31.5. The van der Waals surface area contributed by atoms with Gasteiger partial charge in [-0.05, 0) is 98.9 Å². The van der Waals surface area contributed by atoms with Gasteiger partial charge in [0.1, 0.15) is 5.75 Å². The summed E-state index contributed by atoms with van der Waals surface area (Å²) in [6.45, 7) is 11.1. The van der Waals surface area contributed by atoms with Crippen LogP contribution in [-0.4, -0.2) is 74.4 Å². The highest BCUT2D eigenvalue weighted by atomic mass is 35.5. The number of benzene rings is 2. The molecule has 3 heterocycles. The Morgan fingerprint density at radius 1 is 1.05 bits per heavy atom. The van der Waals surface area contributed by atoms with Crippen molar-refractivity contribution in [3.63, 3.8) is 0 Å². The summed E-state index contributed by atoms with van der Waals surface area (Å²) in [7, 11) is 0. The molecule has 0 saturated carbocycles. The molecule has 0 aliphatic carbocycles. The van der Waals surface area contributed by atoms with Gasteiger partial charge in [0.25, 0.3) is 11.8 Å². The fourth-order valence-electron chi connectivity index (χ4n) is 6.68. The van der Waals surface area contributed by atoms with Gasteiger partial charge in [0.2, 0.25) is 0 Å². The second-order valence-corrected chi connectivity index (χ2v) is 13.8. The van der Waals surface area contributed by atoms with Crippen molar-refractivity contribution in [2.24, 2.45) is 11.3 Å². The zero-order chi connectivity index (χ0) is 30.6. The van der Waals surface area contributed by atoms with Crippen molar-refractivity contribution in [3.05, 3.63) is 58.6 Å². The Labute approximate surface area is 260 Å². The predicted molar refractivity (Wildman–Crippen MR) is 170 cm³/mol. The van der Waals surface area contributed by atoms with Crippen molar-refractivity contribution in [3.8, 4) is 5.75 Å². The van der Waals surface area contributed by atoms with E-state index in [2.05, 4.69) is 36.3 Å². The number of piperidine rings is 2. The van der Waals surface area contributed by atoms with Gasteiger partial charge >= 0.3 is 0 Å². The number of hydrogen-bond acceptors (Lipinski definition) is 6. The van der Waals surface area contributed by atoms with Crippen LogP contribution in [0.15, 0.2) is 42.5 Å². The second-order valence-electron chi connectivity index (χ2n) is 13.4. The first-order valence-electron chi connectivity index (χ1n) is 15.7. The van der Waals surface area contributed by atoms with E-state index in [4.69, 9.17) is 16.3 Å². The van der Waals surface area contributed by atoms with Crippen molar-refractivity contribution in [2.45, 2.75) is 64.8 Å². The number of Topliss-reactive ketones (excluding diaryl/α,β-unsaturated/α-hetero) is 1. The molecular formula is C34H45ClN4O4. The summed E-state index contributed by atoms with van der Waals surface area (Å²) in [6, 6.07) is 12.8. The summed E-state index contributed by atoms with van der Waals surface area (Å²) >= 11 is 6.42. The summed E-state index contributed by atoms with van der Waals surface area (Å²) in [5, 5.41) is 7.06. The molecule has 43 heavy (non-hydrogen) atoms. The van der Waals surface area contributed by atoms with E-state index in [9.17, 15) is 14.4 Å². The quantitative estimate of drug-likeness (QED) is 0.414. The monoisotopic (exact) mass is 608 g/mol.